The number of nitrogens with one attached hydrogen (secondary N) is 1. The minimum Gasteiger partial charge on any atom is -0.311 e. The predicted molar refractivity (Wildman–Crippen MR) is 77.7 cm³/mol. The fourth-order valence-corrected chi connectivity index (χ4v) is 4.92. The van der Waals surface area contributed by atoms with Gasteiger partial charge in [0.05, 0.1) is 0 Å². The van der Waals surface area contributed by atoms with E-state index in [2.05, 4.69) is 5.32 Å². The van der Waals surface area contributed by atoms with Gasteiger partial charge in [0.15, 0.2) is 0 Å². The van der Waals surface area contributed by atoms with Crippen LogP contribution in [0.4, 0.5) is 0 Å². The van der Waals surface area contributed by atoms with Crippen molar-refractivity contribution in [2.75, 3.05) is 0 Å². The molecule has 0 spiro atoms. The Morgan fingerprint density at radius 3 is 1.33 bits per heavy atom. The molecule has 1 nitrogen and oxygen atoms in total. The Balaban J connectivity index is 1.68. The molecule has 0 aromatic carbocycles. The molecular weight excluding hydrogens is 218 g/mol. The number of hydrogen-bond acceptors (Lipinski definition) is 1. The van der Waals surface area contributed by atoms with Gasteiger partial charge in [-0.15, -0.1) is 0 Å². The Labute approximate surface area is 113 Å². The van der Waals surface area contributed by atoms with Crippen LogP contribution in [-0.2, 0) is 0 Å². The van der Waals surface area contributed by atoms with Gasteiger partial charge < -0.3 is 5.32 Å². The summed E-state index contributed by atoms with van der Waals surface area (Å²) >= 11 is 0. The monoisotopic (exact) mass is 249 g/mol. The first-order valence-corrected chi connectivity index (χ1v) is 8.71. The molecule has 0 bridgehead atoms. The van der Waals surface area contributed by atoms with Crippen molar-refractivity contribution in [1.29, 1.82) is 0 Å². The second-order valence-electron chi connectivity index (χ2n) is 7.04. The molecule has 4 atom stereocenters. The van der Waals surface area contributed by atoms with Crippen LogP contribution in [0.1, 0.15) is 83.5 Å². The van der Waals surface area contributed by atoms with Gasteiger partial charge in [-0.05, 0) is 37.5 Å². The third kappa shape index (κ3) is 2.92. The van der Waals surface area contributed by atoms with Crippen LogP contribution in [0.25, 0.3) is 0 Å². The van der Waals surface area contributed by atoms with Crippen LogP contribution in [0.15, 0.2) is 0 Å². The van der Waals surface area contributed by atoms with Gasteiger partial charge in [0.1, 0.15) is 0 Å². The molecular formula is C17H31N. The van der Waals surface area contributed by atoms with Crippen molar-refractivity contribution in [2.24, 2.45) is 11.8 Å². The van der Waals surface area contributed by atoms with Gasteiger partial charge in [0, 0.05) is 12.1 Å². The SMILES string of the molecule is C1CCCC2NC3CCCCCCC3C2CCC1. The highest BCUT2D eigenvalue weighted by molar-refractivity contribution is 4.97. The lowest BCUT2D eigenvalue weighted by Gasteiger charge is -2.27. The summed E-state index contributed by atoms with van der Waals surface area (Å²) in [6.07, 6.45) is 19.4. The average molecular weight is 249 g/mol. The first kappa shape index (κ1) is 13.0. The molecule has 0 aromatic rings. The molecule has 104 valence electrons. The molecule has 1 heterocycles. The Hall–Kier alpha value is -0.0400. The Morgan fingerprint density at radius 1 is 0.444 bits per heavy atom. The third-order valence-electron chi connectivity index (χ3n) is 5.87. The molecule has 2 saturated carbocycles. The van der Waals surface area contributed by atoms with E-state index >= 15 is 0 Å². The van der Waals surface area contributed by atoms with Crippen molar-refractivity contribution in [3.05, 3.63) is 0 Å². The van der Waals surface area contributed by atoms with Crippen LogP contribution in [-0.4, -0.2) is 12.1 Å². The lowest BCUT2D eigenvalue weighted by Crippen LogP contribution is -2.32. The summed E-state index contributed by atoms with van der Waals surface area (Å²) < 4.78 is 0. The zero-order valence-electron chi connectivity index (χ0n) is 12.0. The maximum Gasteiger partial charge on any atom is 0.0101 e. The van der Waals surface area contributed by atoms with Gasteiger partial charge in [0.2, 0.25) is 0 Å². The molecule has 18 heavy (non-hydrogen) atoms. The van der Waals surface area contributed by atoms with E-state index in [4.69, 9.17) is 0 Å². The highest BCUT2D eigenvalue weighted by atomic mass is 15.0. The van der Waals surface area contributed by atoms with Crippen molar-refractivity contribution >= 4 is 0 Å². The van der Waals surface area contributed by atoms with Gasteiger partial charge in [-0.25, -0.2) is 0 Å². The lowest BCUT2D eigenvalue weighted by atomic mass is 9.77. The quantitative estimate of drug-likeness (QED) is 0.658. The molecule has 4 unspecified atom stereocenters. The minimum atomic E-state index is 0.885. The molecule has 0 radical (unpaired) electrons. The first-order valence-electron chi connectivity index (χ1n) is 8.71. The van der Waals surface area contributed by atoms with Gasteiger partial charge in [-0.2, -0.15) is 0 Å². The topological polar surface area (TPSA) is 12.0 Å². The van der Waals surface area contributed by atoms with E-state index in [0.29, 0.717) is 0 Å². The maximum absolute atomic E-state index is 4.06. The van der Waals surface area contributed by atoms with Gasteiger partial charge in [-0.3, -0.25) is 0 Å². The molecule has 0 amide bonds. The Bertz CT molecular complexity index is 250. The van der Waals surface area contributed by atoms with E-state index in [9.17, 15) is 0 Å². The van der Waals surface area contributed by atoms with Crippen LogP contribution >= 0.6 is 0 Å². The van der Waals surface area contributed by atoms with Crippen molar-refractivity contribution in [3.8, 4) is 0 Å². The predicted octanol–water partition coefficient (Wildman–Crippen LogP) is 4.66. The van der Waals surface area contributed by atoms with E-state index in [1.165, 1.54) is 83.5 Å². The molecule has 1 aliphatic heterocycles. The lowest BCUT2D eigenvalue weighted by molar-refractivity contribution is 0.267. The molecule has 3 fully saturated rings. The second kappa shape index (κ2) is 6.41. The largest absolute Gasteiger partial charge is 0.311 e. The average Bonchev–Trinajstić information content (AvgIpc) is 2.69. The number of rotatable bonds is 0. The summed E-state index contributed by atoms with van der Waals surface area (Å²) in [6, 6.07) is 1.77. The summed E-state index contributed by atoms with van der Waals surface area (Å²) in [6.45, 7) is 0. The summed E-state index contributed by atoms with van der Waals surface area (Å²) in [5, 5.41) is 4.06. The Morgan fingerprint density at radius 2 is 0.833 bits per heavy atom. The summed E-state index contributed by atoms with van der Waals surface area (Å²) in [4.78, 5) is 0. The minimum absolute atomic E-state index is 0.885. The summed E-state index contributed by atoms with van der Waals surface area (Å²) in [5.41, 5.74) is 0. The van der Waals surface area contributed by atoms with Crippen LogP contribution < -0.4 is 5.32 Å². The first-order chi connectivity index (χ1) is 8.95. The molecule has 0 aromatic heterocycles. The van der Waals surface area contributed by atoms with Crippen LogP contribution in [0, 0.1) is 11.8 Å². The summed E-state index contributed by atoms with van der Waals surface area (Å²) in [7, 11) is 0. The van der Waals surface area contributed by atoms with E-state index in [1.807, 2.05) is 0 Å². The maximum atomic E-state index is 4.06. The fourth-order valence-electron chi connectivity index (χ4n) is 4.92. The second-order valence-corrected chi connectivity index (χ2v) is 7.04. The van der Waals surface area contributed by atoms with Gasteiger partial charge >= 0.3 is 0 Å². The molecule has 3 rings (SSSR count). The molecule has 3 aliphatic rings. The van der Waals surface area contributed by atoms with E-state index in [-0.39, 0.29) is 0 Å². The highest BCUT2D eigenvalue weighted by Gasteiger charge is 2.41. The van der Waals surface area contributed by atoms with E-state index < -0.39 is 0 Å². The normalized spacial score (nSPS) is 42.7. The van der Waals surface area contributed by atoms with Crippen molar-refractivity contribution in [3.63, 3.8) is 0 Å². The van der Waals surface area contributed by atoms with E-state index in [0.717, 1.165) is 23.9 Å². The molecule has 1 N–H and O–H groups in total. The standard InChI is InChI=1S/C17H31N/c1-2-6-10-14-15-11-7-4-5-9-13-17(15)18-16(14)12-8-3-1/h14-18H,1-13H2. The molecule has 1 saturated heterocycles. The molecule has 1 heteroatoms. The van der Waals surface area contributed by atoms with E-state index in [1.54, 1.807) is 0 Å². The van der Waals surface area contributed by atoms with Crippen LogP contribution in [0.5, 0.6) is 0 Å². The molecule has 2 aliphatic carbocycles. The van der Waals surface area contributed by atoms with Crippen molar-refractivity contribution in [1.82, 2.24) is 5.32 Å². The van der Waals surface area contributed by atoms with Crippen LogP contribution in [0.3, 0.4) is 0 Å². The van der Waals surface area contributed by atoms with Gasteiger partial charge in [-0.1, -0.05) is 57.8 Å². The third-order valence-corrected chi connectivity index (χ3v) is 5.87. The van der Waals surface area contributed by atoms with Crippen molar-refractivity contribution in [2.45, 2.75) is 95.6 Å². The zero-order valence-corrected chi connectivity index (χ0v) is 12.0. The zero-order chi connectivity index (χ0) is 12.2. The van der Waals surface area contributed by atoms with Gasteiger partial charge in [0.25, 0.3) is 0 Å². The summed E-state index contributed by atoms with van der Waals surface area (Å²) in [5.74, 6) is 2.07. The van der Waals surface area contributed by atoms with Crippen LogP contribution in [0.2, 0.25) is 0 Å². The van der Waals surface area contributed by atoms with Crippen molar-refractivity contribution < 1.29 is 0 Å². The Kier molecular flexibility index (Phi) is 4.62. The highest BCUT2D eigenvalue weighted by Crippen LogP contribution is 2.40. The fraction of sp³-hybridized carbons (Fsp3) is 1.00. The smallest absolute Gasteiger partial charge is 0.0101 e. The number of hydrogen-bond donors (Lipinski definition) is 1. The number of fused-ring (bicyclic) bond motifs is 3.